The molecule has 2 heteroatoms. The van der Waals surface area contributed by atoms with Crippen LogP contribution in [0.4, 0.5) is 5.69 Å². The van der Waals surface area contributed by atoms with Gasteiger partial charge >= 0.3 is 12.3 Å². The Morgan fingerprint density at radius 2 is 1.87 bits per heavy atom. The summed E-state index contributed by atoms with van der Waals surface area (Å²) in [4.78, 5) is 3.33. The van der Waals surface area contributed by atoms with Gasteiger partial charge in [-0.15, -0.1) is 0 Å². The van der Waals surface area contributed by atoms with Crippen molar-refractivity contribution >= 4 is 5.69 Å². The molecule has 0 spiro atoms. The van der Waals surface area contributed by atoms with E-state index < -0.39 is 0 Å². The summed E-state index contributed by atoms with van der Waals surface area (Å²) < 4.78 is 5.55. The molecule has 1 aromatic rings. The maximum atomic E-state index is 6.81. The number of hydrogen-bond acceptors (Lipinski definition) is 1. The zero-order chi connectivity index (χ0) is 10.9. The van der Waals surface area contributed by atoms with Gasteiger partial charge in [-0.2, -0.15) is 0 Å². The minimum Gasteiger partial charge on any atom is -0.494 e. The lowest BCUT2D eigenvalue weighted by molar-refractivity contribution is 0.305. The Labute approximate surface area is 91.7 Å². The van der Waals surface area contributed by atoms with Gasteiger partial charge in [-0.3, -0.25) is 0 Å². The van der Waals surface area contributed by atoms with E-state index in [9.17, 15) is 0 Å². The van der Waals surface area contributed by atoms with E-state index in [0.717, 1.165) is 18.8 Å². The second kappa shape index (κ2) is 6.89. The number of unbranched alkanes of at least 4 members (excludes halogenated alkanes) is 3. The molecule has 0 bridgehead atoms. The third-order valence-electron chi connectivity index (χ3n) is 2.23. The Balaban J connectivity index is 2.23. The summed E-state index contributed by atoms with van der Waals surface area (Å²) >= 11 is 0. The highest BCUT2D eigenvalue weighted by Gasteiger charge is 2.00. The highest BCUT2D eigenvalue weighted by atomic mass is 16.5. The van der Waals surface area contributed by atoms with Crippen molar-refractivity contribution in [3.05, 3.63) is 35.7 Å². The third kappa shape index (κ3) is 4.51. The predicted octanol–water partition coefficient (Wildman–Crippen LogP) is 4.20. The summed E-state index contributed by atoms with van der Waals surface area (Å²) in [7, 11) is 0. The minimum absolute atomic E-state index is 0.660. The Bertz CT molecular complexity index is 310. The lowest BCUT2D eigenvalue weighted by atomic mass is 10.2. The molecule has 1 radical (unpaired) electrons. The van der Waals surface area contributed by atoms with Gasteiger partial charge in [-0.1, -0.05) is 26.2 Å². The fraction of sp³-hybridized carbons (Fsp3) is 0.462. The number of ether oxygens (including phenoxy) is 1. The van der Waals surface area contributed by atoms with E-state index in [0.29, 0.717) is 5.69 Å². The van der Waals surface area contributed by atoms with Gasteiger partial charge in [0.05, 0.1) is 6.61 Å². The Morgan fingerprint density at radius 3 is 2.47 bits per heavy atom. The number of hydrogen-bond donors (Lipinski definition) is 0. The molecular formula is C13H17NO+. The first-order valence-electron chi connectivity index (χ1n) is 5.47. The Kier molecular flexibility index (Phi) is 5.32. The van der Waals surface area contributed by atoms with Gasteiger partial charge in [0.1, 0.15) is 5.75 Å². The van der Waals surface area contributed by atoms with Crippen LogP contribution >= 0.6 is 0 Å². The molecule has 0 unspecified atom stereocenters. The fourth-order valence-corrected chi connectivity index (χ4v) is 1.34. The van der Waals surface area contributed by atoms with Crippen molar-refractivity contribution in [1.29, 1.82) is 0 Å². The first-order valence-corrected chi connectivity index (χ1v) is 5.47. The summed E-state index contributed by atoms with van der Waals surface area (Å²) in [6, 6.07) is 7.28. The van der Waals surface area contributed by atoms with Crippen molar-refractivity contribution in [2.75, 3.05) is 6.61 Å². The van der Waals surface area contributed by atoms with E-state index in [1.165, 1.54) is 19.3 Å². The number of nitrogens with zero attached hydrogens (tertiary/aromatic N) is 1. The van der Waals surface area contributed by atoms with Crippen LogP contribution in [0.2, 0.25) is 0 Å². The number of benzene rings is 1. The molecule has 79 valence electrons. The highest BCUT2D eigenvalue weighted by Crippen LogP contribution is 2.18. The van der Waals surface area contributed by atoms with Crippen LogP contribution in [0.5, 0.6) is 5.75 Å². The molecule has 0 saturated heterocycles. The van der Waals surface area contributed by atoms with E-state index in [1.54, 1.807) is 12.1 Å². The third-order valence-corrected chi connectivity index (χ3v) is 2.23. The average Bonchev–Trinajstić information content (AvgIpc) is 2.30. The molecule has 0 aliphatic carbocycles. The topological polar surface area (TPSA) is 13.6 Å². The van der Waals surface area contributed by atoms with Gasteiger partial charge in [0.2, 0.25) is 0 Å². The van der Waals surface area contributed by atoms with Gasteiger partial charge < -0.3 is 4.74 Å². The zero-order valence-corrected chi connectivity index (χ0v) is 9.20. The lowest BCUT2D eigenvalue weighted by Crippen LogP contribution is -1.96. The molecular weight excluding hydrogens is 186 g/mol. The first-order chi connectivity index (χ1) is 7.36. The summed E-state index contributed by atoms with van der Waals surface area (Å²) in [5.74, 6) is 0.860. The molecule has 0 N–H and O–H groups in total. The van der Waals surface area contributed by atoms with Crippen molar-refractivity contribution in [2.24, 2.45) is 0 Å². The van der Waals surface area contributed by atoms with Gasteiger partial charge in [-0.05, 0) is 23.4 Å². The van der Waals surface area contributed by atoms with Crippen LogP contribution in [-0.4, -0.2) is 6.61 Å². The van der Waals surface area contributed by atoms with Crippen molar-refractivity contribution in [2.45, 2.75) is 32.6 Å². The molecule has 15 heavy (non-hydrogen) atoms. The van der Waals surface area contributed by atoms with Crippen molar-refractivity contribution < 1.29 is 4.74 Å². The summed E-state index contributed by atoms with van der Waals surface area (Å²) in [6.07, 6.45) is 4.87. The molecule has 0 aliphatic heterocycles. The molecule has 0 saturated carbocycles. The lowest BCUT2D eigenvalue weighted by Gasteiger charge is -2.04. The molecule has 0 heterocycles. The second-order valence-electron chi connectivity index (χ2n) is 3.51. The standard InChI is InChI=1S/C13H17NO/c1-3-4-5-6-11-15-13-9-7-12(14-2)8-10-13/h7-10H,3-6,11H2,1H3/q+1. The number of rotatable bonds is 6. The molecule has 0 fully saturated rings. The highest BCUT2D eigenvalue weighted by molar-refractivity contribution is 5.46. The molecule has 0 aliphatic rings. The normalized spacial score (nSPS) is 9.60. The summed E-state index contributed by atoms with van der Waals surface area (Å²) in [6.45, 7) is 9.79. The largest absolute Gasteiger partial charge is 0.494 e. The van der Waals surface area contributed by atoms with Crippen LogP contribution < -0.4 is 4.74 Å². The second-order valence-corrected chi connectivity index (χ2v) is 3.51. The molecule has 0 atom stereocenters. The summed E-state index contributed by atoms with van der Waals surface area (Å²) in [5.41, 5.74) is 0.660. The maximum absolute atomic E-state index is 6.81. The SMILES string of the molecule is [C]#[N+]c1ccc(OCCCCCC)cc1. The van der Waals surface area contributed by atoms with Crippen LogP contribution in [0.3, 0.4) is 0 Å². The molecule has 0 amide bonds. The van der Waals surface area contributed by atoms with Gasteiger partial charge in [0.25, 0.3) is 0 Å². The average molecular weight is 203 g/mol. The molecule has 1 rings (SSSR count). The van der Waals surface area contributed by atoms with E-state index in [-0.39, 0.29) is 0 Å². The summed E-state index contributed by atoms with van der Waals surface area (Å²) in [5, 5.41) is 0. The monoisotopic (exact) mass is 203 g/mol. The maximum Gasteiger partial charge on any atom is 0.455 e. The minimum atomic E-state index is 0.660. The smallest absolute Gasteiger partial charge is 0.455 e. The zero-order valence-electron chi connectivity index (χ0n) is 9.20. The van der Waals surface area contributed by atoms with Gasteiger partial charge in [-0.25, -0.2) is 0 Å². The molecule has 2 nitrogen and oxygen atoms in total. The van der Waals surface area contributed by atoms with E-state index in [4.69, 9.17) is 11.3 Å². The van der Waals surface area contributed by atoms with E-state index in [2.05, 4.69) is 11.8 Å². The quantitative estimate of drug-likeness (QED) is 0.632. The van der Waals surface area contributed by atoms with Crippen molar-refractivity contribution in [1.82, 2.24) is 0 Å². The van der Waals surface area contributed by atoms with E-state index >= 15 is 0 Å². The van der Waals surface area contributed by atoms with Crippen molar-refractivity contribution in [3.8, 4) is 5.75 Å². The van der Waals surface area contributed by atoms with Crippen LogP contribution in [0, 0.1) is 6.57 Å². The molecule has 0 aromatic heterocycles. The van der Waals surface area contributed by atoms with Gasteiger partial charge in [0.15, 0.2) is 0 Å². The van der Waals surface area contributed by atoms with Crippen LogP contribution in [0.25, 0.3) is 4.85 Å². The van der Waals surface area contributed by atoms with Crippen molar-refractivity contribution in [3.63, 3.8) is 0 Å². The fourth-order valence-electron chi connectivity index (χ4n) is 1.34. The van der Waals surface area contributed by atoms with Gasteiger partial charge in [0, 0.05) is 12.1 Å². The Hall–Kier alpha value is -1.49. The van der Waals surface area contributed by atoms with Crippen LogP contribution in [0.15, 0.2) is 24.3 Å². The first kappa shape index (κ1) is 11.6. The van der Waals surface area contributed by atoms with Crippen LogP contribution in [0.1, 0.15) is 32.6 Å². The Morgan fingerprint density at radius 1 is 1.13 bits per heavy atom. The van der Waals surface area contributed by atoms with Crippen LogP contribution in [-0.2, 0) is 0 Å². The van der Waals surface area contributed by atoms with E-state index in [1.807, 2.05) is 12.1 Å². The molecule has 1 aromatic carbocycles. The predicted molar refractivity (Wildman–Crippen MR) is 62.3 cm³/mol.